The largest absolute Gasteiger partial charge is 0.386 e. The molecule has 1 heterocycles. The van der Waals surface area contributed by atoms with Gasteiger partial charge in [0.05, 0.1) is 25.1 Å². The predicted octanol–water partition coefficient (Wildman–Crippen LogP) is 6.42. The quantitative estimate of drug-likeness (QED) is 0.121. The number of aromatic nitrogens is 2. The Balaban J connectivity index is 1.39. The van der Waals surface area contributed by atoms with Crippen molar-refractivity contribution in [1.29, 1.82) is 0 Å². The molecule has 47 heavy (non-hydrogen) atoms. The van der Waals surface area contributed by atoms with Crippen LogP contribution in [0.25, 0.3) is 10.8 Å². The Morgan fingerprint density at radius 2 is 1.72 bits per heavy atom. The number of amidine groups is 1. The summed E-state index contributed by atoms with van der Waals surface area (Å²) >= 11 is 0. The molecule has 0 bridgehead atoms. The number of hydrogen-bond acceptors (Lipinski definition) is 6. The van der Waals surface area contributed by atoms with Gasteiger partial charge < -0.3 is 26.1 Å². The summed E-state index contributed by atoms with van der Waals surface area (Å²) in [7, 11) is 0. The number of carbonyl (C=O) groups is 2. The lowest BCUT2D eigenvalue weighted by Gasteiger charge is -2.27. The van der Waals surface area contributed by atoms with Crippen molar-refractivity contribution in [2.45, 2.75) is 83.5 Å². The van der Waals surface area contributed by atoms with Crippen LogP contribution in [0, 0.1) is 11.8 Å². The number of nitrogens with two attached hydrogens (primary N) is 2. The molecule has 4 aromatic rings. The van der Waals surface area contributed by atoms with Gasteiger partial charge in [0.15, 0.2) is 17.6 Å². The molecule has 0 spiro atoms. The molecule has 1 amide bonds. The lowest BCUT2D eigenvalue weighted by Crippen LogP contribution is -2.48. The van der Waals surface area contributed by atoms with Gasteiger partial charge in [-0.15, -0.1) is 0 Å². The first-order valence-electron chi connectivity index (χ1n) is 16.7. The van der Waals surface area contributed by atoms with Gasteiger partial charge in [0.2, 0.25) is 0 Å². The third-order valence-corrected chi connectivity index (χ3v) is 9.06. The van der Waals surface area contributed by atoms with Crippen LogP contribution in [0.2, 0.25) is 0 Å². The van der Waals surface area contributed by atoms with Crippen molar-refractivity contribution in [3.63, 3.8) is 0 Å². The molecule has 3 aromatic carbocycles. The Morgan fingerprint density at radius 3 is 2.49 bits per heavy atom. The third-order valence-electron chi connectivity index (χ3n) is 9.06. The van der Waals surface area contributed by atoms with Crippen LogP contribution in [-0.4, -0.2) is 45.3 Å². The number of nitrogens with zero attached hydrogens (tertiary/aromatic N) is 3. The number of imidazole rings is 1. The molecule has 1 aromatic heterocycles. The van der Waals surface area contributed by atoms with Gasteiger partial charge >= 0.3 is 0 Å². The number of rotatable bonds is 12. The molecule has 4 atom stereocenters. The second-order valence-corrected chi connectivity index (χ2v) is 13.5. The van der Waals surface area contributed by atoms with Crippen molar-refractivity contribution in [1.82, 2.24) is 9.55 Å². The van der Waals surface area contributed by atoms with Crippen molar-refractivity contribution in [3.8, 4) is 0 Å². The summed E-state index contributed by atoms with van der Waals surface area (Å²) < 4.78 is 7.71. The van der Waals surface area contributed by atoms with Crippen LogP contribution in [0.3, 0.4) is 0 Å². The van der Waals surface area contributed by atoms with E-state index in [1.165, 1.54) is 6.42 Å². The van der Waals surface area contributed by atoms with Crippen LogP contribution in [-0.2, 0) is 20.9 Å². The highest BCUT2D eigenvalue weighted by molar-refractivity contribution is 5.98. The normalized spacial score (nSPS) is 19.0. The minimum atomic E-state index is -0.957. The first-order valence-corrected chi connectivity index (χ1v) is 16.7. The zero-order chi connectivity index (χ0) is 33.4. The summed E-state index contributed by atoms with van der Waals surface area (Å²) in [5.74, 6) is 0.775. The van der Waals surface area contributed by atoms with Crippen LogP contribution >= 0.6 is 0 Å². The molecule has 5 rings (SSSR count). The average molecular weight is 637 g/mol. The number of fused-ring (bicyclic) bond motifs is 1. The number of carbonyl (C=O) groups excluding carboxylic acids is 2. The second-order valence-electron chi connectivity index (χ2n) is 13.5. The lowest BCUT2D eigenvalue weighted by atomic mass is 9.81. The Kier molecular flexibility index (Phi) is 11.2. The zero-order valence-corrected chi connectivity index (χ0v) is 27.8. The molecule has 1 aliphatic carbocycles. The van der Waals surface area contributed by atoms with Crippen LogP contribution in [0.15, 0.2) is 90.3 Å². The Morgan fingerprint density at radius 1 is 1.00 bits per heavy atom. The van der Waals surface area contributed by atoms with Gasteiger partial charge in [0.25, 0.3) is 5.91 Å². The first-order chi connectivity index (χ1) is 22.6. The zero-order valence-electron chi connectivity index (χ0n) is 27.8. The number of benzene rings is 3. The molecule has 9 heteroatoms. The highest BCUT2D eigenvalue weighted by Gasteiger charge is 2.31. The first kappa shape index (κ1) is 34.0. The minimum Gasteiger partial charge on any atom is -0.386 e. The minimum absolute atomic E-state index is 0.00345. The van der Waals surface area contributed by atoms with Crippen molar-refractivity contribution in [2.75, 3.05) is 11.9 Å². The predicted molar refractivity (Wildman–Crippen MR) is 188 cm³/mol. The number of anilines is 1. The molecule has 248 valence electrons. The van der Waals surface area contributed by atoms with E-state index in [0.29, 0.717) is 18.3 Å². The fourth-order valence-electron chi connectivity index (χ4n) is 6.15. The molecule has 1 fully saturated rings. The van der Waals surface area contributed by atoms with Gasteiger partial charge in [-0.1, -0.05) is 99.3 Å². The summed E-state index contributed by atoms with van der Waals surface area (Å²) in [6, 6.07) is 22.5. The van der Waals surface area contributed by atoms with Crippen LogP contribution < -0.4 is 16.8 Å². The maximum atomic E-state index is 14.4. The van der Waals surface area contributed by atoms with Crippen LogP contribution in [0.1, 0.15) is 76.5 Å². The number of amides is 1. The van der Waals surface area contributed by atoms with E-state index >= 15 is 0 Å². The number of ketones is 1. The standard InChI is InChI=1S/C38H48N6O3/c1-26-11-7-8-15-29(18-17-26)35(45)34(31-20-19-28-14-9-10-16-30(28)21-31)44-22-33(41-25-44)43-36(46)32(42-37(39)38(2,3)40)24-47-23-27-12-5-4-6-13-27/h4-6,9-10,12-14,16,19-22,25-26,29,32,34H,7-8,11,15,17-18,23-24,40H2,1-3H3,(H2,39,42)(H,43,46)/t26?,29?,32-,34?/m1/s1. The van der Waals surface area contributed by atoms with Crippen molar-refractivity contribution in [2.24, 2.45) is 28.3 Å². The molecule has 9 nitrogen and oxygen atoms in total. The maximum Gasteiger partial charge on any atom is 0.252 e. The van der Waals surface area contributed by atoms with Gasteiger partial charge in [-0.25, -0.2) is 4.98 Å². The molecule has 0 radical (unpaired) electrons. The highest BCUT2D eigenvalue weighted by atomic mass is 16.5. The SMILES string of the molecule is CC1CCCCC(C(=O)C(c2ccc3ccccc3c2)n2cnc(NC(=O)[C@@H](COCc3ccccc3)N=C(N)C(C)(C)N)c2)CC1. The van der Waals surface area contributed by atoms with E-state index in [-0.39, 0.29) is 24.1 Å². The lowest BCUT2D eigenvalue weighted by molar-refractivity contribution is -0.125. The smallest absolute Gasteiger partial charge is 0.252 e. The number of Topliss-reactive ketones (excluding diaryl/α,β-unsaturated/α-hetero) is 1. The van der Waals surface area contributed by atoms with Crippen molar-refractivity contribution >= 4 is 34.1 Å². The molecule has 5 N–H and O–H groups in total. The summed E-state index contributed by atoms with van der Waals surface area (Å²) in [6.07, 6.45) is 9.58. The van der Waals surface area contributed by atoms with Gasteiger partial charge in [-0.05, 0) is 60.6 Å². The number of hydrogen-bond donors (Lipinski definition) is 3. The van der Waals surface area contributed by atoms with Gasteiger partial charge in [0, 0.05) is 12.1 Å². The summed E-state index contributed by atoms with van der Waals surface area (Å²) in [5.41, 5.74) is 13.3. The molecular formula is C38H48N6O3. The summed E-state index contributed by atoms with van der Waals surface area (Å²) in [4.78, 5) is 36.9. The Hall–Kier alpha value is -4.34. The van der Waals surface area contributed by atoms with Crippen molar-refractivity contribution < 1.29 is 14.3 Å². The van der Waals surface area contributed by atoms with Gasteiger partial charge in [0.1, 0.15) is 11.9 Å². The molecule has 1 saturated carbocycles. The Labute approximate surface area is 277 Å². The van der Waals surface area contributed by atoms with E-state index in [2.05, 4.69) is 46.5 Å². The molecule has 0 saturated heterocycles. The van der Waals surface area contributed by atoms with Crippen molar-refractivity contribution in [3.05, 3.63) is 96.4 Å². The summed E-state index contributed by atoms with van der Waals surface area (Å²) in [5, 5.41) is 5.06. The van der Waals surface area contributed by atoms with Crippen LogP contribution in [0.4, 0.5) is 5.82 Å². The highest BCUT2D eigenvalue weighted by Crippen LogP contribution is 2.33. The van der Waals surface area contributed by atoms with E-state index in [1.807, 2.05) is 53.1 Å². The topological polar surface area (TPSA) is 138 Å². The van der Waals surface area contributed by atoms with Gasteiger partial charge in [-0.3, -0.25) is 14.6 Å². The van der Waals surface area contributed by atoms with Gasteiger partial charge in [-0.2, -0.15) is 0 Å². The summed E-state index contributed by atoms with van der Waals surface area (Å²) in [6.45, 7) is 6.05. The fraction of sp³-hybridized carbons (Fsp3) is 0.421. The van der Waals surface area contributed by atoms with Crippen LogP contribution in [0.5, 0.6) is 0 Å². The monoisotopic (exact) mass is 636 g/mol. The van der Waals surface area contributed by atoms with E-state index in [9.17, 15) is 9.59 Å². The maximum absolute atomic E-state index is 14.4. The van der Waals surface area contributed by atoms with E-state index < -0.39 is 23.5 Å². The number of ether oxygens (including phenoxy) is 1. The number of aliphatic imine (C=N–C) groups is 1. The third kappa shape index (κ3) is 9.14. The average Bonchev–Trinajstić information content (AvgIpc) is 3.50. The fourth-order valence-corrected chi connectivity index (χ4v) is 6.15. The molecular weight excluding hydrogens is 588 g/mol. The van der Waals surface area contributed by atoms with E-state index in [1.54, 1.807) is 26.4 Å². The van der Waals surface area contributed by atoms with E-state index in [0.717, 1.165) is 54.0 Å². The second kappa shape index (κ2) is 15.5. The molecule has 1 aliphatic rings. The molecule has 0 aliphatic heterocycles. The number of nitrogens with one attached hydrogen (secondary N) is 1. The Bertz CT molecular complexity index is 1680. The molecule has 3 unspecified atom stereocenters. The van der Waals surface area contributed by atoms with E-state index in [4.69, 9.17) is 16.2 Å².